The lowest BCUT2D eigenvalue weighted by molar-refractivity contribution is -0.137. The summed E-state index contributed by atoms with van der Waals surface area (Å²) in [6.45, 7) is 2.82. The van der Waals surface area contributed by atoms with Gasteiger partial charge in [0.2, 0.25) is 5.91 Å². The highest BCUT2D eigenvalue weighted by Crippen LogP contribution is 2.25. The van der Waals surface area contributed by atoms with E-state index < -0.39 is 6.04 Å². The Labute approximate surface area is 161 Å². The van der Waals surface area contributed by atoms with Gasteiger partial charge in [-0.15, -0.1) is 0 Å². The summed E-state index contributed by atoms with van der Waals surface area (Å²) in [4.78, 5) is 32.1. The van der Waals surface area contributed by atoms with Crippen LogP contribution in [0.5, 0.6) is 5.75 Å². The number of ether oxygens (including phenoxy) is 1. The monoisotopic (exact) mass is 380 g/mol. The van der Waals surface area contributed by atoms with E-state index in [9.17, 15) is 9.59 Å². The molecule has 2 amide bonds. The first-order chi connectivity index (χ1) is 13.5. The average Bonchev–Trinajstić information content (AvgIpc) is 3.19. The zero-order valence-corrected chi connectivity index (χ0v) is 15.7. The Balaban J connectivity index is 1.46. The van der Waals surface area contributed by atoms with Gasteiger partial charge in [0.25, 0.3) is 5.91 Å². The molecule has 3 aromatic rings. The molecule has 3 heterocycles. The van der Waals surface area contributed by atoms with Crippen molar-refractivity contribution in [2.45, 2.75) is 19.6 Å². The minimum Gasteiger partial charge on any atom is -0.485 e. The predicted octanol–water partition coefficient (Wildman–Crippen LogP) is 2.10. The second kappa shape index (κ2) is 7.30. The van der Waals surface area contributed by atoms with Gasteiger partial charge in [-0.05, 0) is 19.1 Å². The molecule has 8 heteroatoms. The Kier molecular flexibility index (Phi) is 4.68. The molecule has 1 saturated heterocycles. The average molecular weight is 380 g/mol. The van der Waals surface area contributed by atoms with E-state index in [-0.39, 0.29) is 24.1 Å². The smallest absolute Gasteiger partial charge is 0.276 e. The number of aromatic nitrogens is 2. The minimum absolute atomic E-state index is 0.0860. The Morgan fingerprint density at radius 2 is 2.18 bits per heavy atom. The third kappa shape index (κ3) is 3.28. The number of amides is 2. The molecule has 0 unspecified atom stereocenters. The Hall–Kier alpha value is -3.42. The van der Waals surface area contributed by atoms with Crippen LogP contribution < -0.4 is 4.74 Å². The second-order valence-electron chi connectivity index (χ2n) is 6.75. The molecule has 2 aromatic heterocycles. The molecule has 0 spiro atoms. The maximum absolute atomic E-state index is 12.7. The number of likely N-dealkylation sites (N-methyl/N-ethyl adjacent to an activating group) is 1. The van der Waals surface area contributed by atoms with E-state index in [1.54, 1.807) is 37.3 Å². The summed E-state index contributed by atoms with van der Waals surface area (Å²) in [5.41, 5.74) is 0.171. The lowest BCUT2D eigenvalue weighted by Gasteiger charge is -2.36. The minimum atomic E-state index is -0.521. The van der Waals surface area contributed by atoms with Gasteiger partial charge in [-0.1, -0.05) is 17.3 Å². The topological polar surface area (TPSA) is 88.8 Å². The summed E-state index contributed by atoms with van der Waals surface area (Å²) in [6, 6.07) is 8.63. The van der Waals surface area contributed by atoms with Crippen LogP contribution in [0, 0.1) is 0 Å². The van der Waals surface area contributed by atoms with E-state index in [0.29, 0.717) is 24.6 Å². The van der Waals surface area contributed by atoms with E-state index in [4.69, 9.17) is 9.26 Å². The van der Waals surface area contributed by atoms with Gasteiger partial charge in [-0.2, -0.15) is 0 Å². The number of piperazine rings is 1. The molecule has 1 aliphatic heterocycles. The lowest BCUT2D eigenvalue weighted by Crippen LogP contribution is -2.56. The molecule has 0 N–H and O–H groups in total. The molecule has 1 aliphatic rings. The van der Waals surface area contributed by atoms with E-state index in [0.717, 1.165) is 10.8 Å². The zero-order chi connectivity index (χ0) is 19.7. The van der Waals surface area contributed by atoms with Crippen LogP contribution in [0.15, 0.2) is 47.2 Å². The van der Waals surface area contributed by atoms with Crippen LogP contribution in [0.25, 0.3) is 10.8 Å². The third-order valence-electron chi connectivity index (χ3n) is 4.93. The summed E-state index contributed by atoms with van der Waals surface area (Å²) >= 11 is 0. The molecular weight excluding hydrogens is 360 g/mol. The molecule has 0 aliphatic carbocycles. The van der Waals surface area contributed by atoms with Crippen molar-refractivity contribution in [3.63, 3.8) is 0 Å². The summed E-state index contributed by atoms with van der Waals surface area (Å²) in [6.07, 6.45) is 3.48. The number of hydrogen-bond acceptors (Lipinski definition) is 6. The number of carbonyl (C=O) groups excluding carboxylic acids is 2. The quantitative estimate of drug-likeness (QED) is 0.689. The van der Waals surface area contributed by atoms with Crippen molar-refractivity contribution in [3.05, 3.63) is 54.2 Å². The van der Waals surface area contributed by atoms with Gasteiger partial charge in [0.1, 0.15) is 18.4 Å². The molecule has 0 saturated carbocycles. The van der Waals surface area contributed by atoms with E-state index >= 15 is 0 Å². The number of fused-ring (bicyclic) bond motifs is 1. The van der Waals surface area contributed by atoms with Gasteiger partial charge in [-0.25, -0.2) is 0 Å². The van der Waals surface area contributed by atoms with Crippen LogP contribution >= 0.6 is 0 Å². The van der Waals surface area contributed by atoms with Crippen LogP contribution in [-0.4, -0.2) is 57.9 Å². The zero-order valence-electron chi connectivity index (χ0n) is 15.7. The molecule has 144 valence electrons. The van der Waals surface area contributed by atoms with Gasteiger partial charge in [0, 0.05) is 49.4 Å². The fraction of sp³-hybridized carbons (Fsp3) is 0.300. The summed E-state index contributed by atoms with van der Waals surface area (Å²) in [5.74, 6) is 0.724. The van der Waals surface area contributed by atoms with Crippen molar-refractivity contribution in [3.8, 4) is 5.75 Å². The highest BCUT2D eigenvalue weighted by atomic mass is 16.5. The first-order valence-electron chi connectivity index (χ1n) is 9.01. The number of pyridine rings is 1. The highest BCUT2D eigenvalue weighted by molar-refractivity contribution is 5.96. The van der Waals surface area contributed by atoms with Gasteiger partial charge < -0.3 is 19.1 Å². The first kappa shape index (κ1) is 18.0. The Morgan fingerprint density at radius 3 is 3.04 bits per heavy atom. The number of rotatable bonds is 4. The Bertz CT molecular complexity index is 1030. The molecule has 0 bridgehead atoms. The molecule has 1 atom stereocenters. The van der Waals surface area contributed by atoms with Crippen LogP contribution in [0.4, 0.5) is 0 Å². The third-order valence-corrected chi connectivity index (χ3v) is 4.93. The molecular formula is C20H20N4O4. The van der Waals surface area contributed by atoms with Crippen LogP contribution in [-0.2, 0) is 11.4 Å². The van der Waals surface area contributed by atoms with Crippen molar-refractivity contribution in [1.29, 1.82) is 0 Å². The Morgan fingerprint density at radius 1 is 1.32 bits per heavy atom. The maximum atomic E-state index is 12.7. The normalized spacial score (nSPS) is 17.2. The lowest BCUT2D eigenvalue weighted by atomic mass is 10.1. The van der Waals surface area contributed by atoms with Gasteiger partial charge in [0.15, 0.2) is 11.5 Å². The van der Waals surface area contributed by atoms with Crippen molar-refractivity contribution >= 4 is 22.6 Å². The molecule has 1 fully saturated rings. The number of carbonyl (C=O) groups is 2. The molecule has 8 nitrogen and oxygen atoms in total. The van der Waals surface area contributed by atoms with Gasteiger partial charge in [-0.3, -0.25) is 14.6 Å². The van der Waals surface area contributed by atoms with Gasteiger partial charge >= 0.3 is 0 Å². The van der Waals surface area contributed by atoms with Crippen molar-refractivity contribution in [1.82, 2.24) is 19.9 Å². The highest BCUT2D eigenvalue weighted by Gasteiger charge is 2.34. The summed E-state index contributed by atoms with van der Waals surface area (Å²) in [5, 5.41) is 5.78. The van der Waals surface area contributed by atoms with E-state index in [1.807, 2.05) is 24.3 Å². The standard InChI is InChI=1S/C20H20N4O4/c1-13-19(25)23(2)8-9-24(13)20(26)17-10-15(28-22-17)12-27-18-5-3-4-14-11-21-7-6-16(14)18/h3-7,10-11,13H,8-9,12H2,1-2H3/t13-/m0/s1. The van der Waals surface area contributed by atoms with E-state index in [2.05, 4.69) is 10.1 Å². The fourth-order valence-corrected chi connectivity index (χ4v) is 3.29. The molecule has 4 rings (SSSR count). The van der Waals surface area contributed by atoms with E-state index in [1.165, 1.54) is 4.90 Å². The largest absolute Gasteiger partial charge is 0.485 e. The second-order valence-corrected chi connectivity index (χ2v) is 6.75. The SMILES string of the molecule is C[C@H]1C(=O)N(C)CCN1C(=O)c1cc(COc2cccc3cnccc23)on1. The maximum Gasteiger partial charge on any atom is 0.276 e. The number of hydrogen-bond donors (Lipinski definition) is 0. The molecule has 28 heavy (non-hydrogen) atoms. The van der Waals surface area contributed by atoms with Gasteiger partial charge in [0.05, 0.1) is 0 Å². The van der Waals surface area contributed by atoms with Crippen LogP contribution in [0.3, 0.4) is 0 Å². The van der Waals surface area contributed by atoms with Crippen molar-refractivity contribution in [2.75, 3.05) is 20.1 Å². The predicted molar refractivity (Wildman–Crippen MR) is 101 cm³/mol. The summed E-state index contributed by atoms with van der Waals surface area (Å²) in [7, 11) is 1.73. The van der Waals surface area contributed by atoms with Crippen molar-refractivity contribution < 1.29 is 18.8 Å². The number of nitrogens with zero attached hydrogens (tertiary/aromatic N) is 4. The first-order valence-corrected chi connectivity index (χ1v) is 9.01. The van der Waals surface area contributed by atoms with Crippen LogP contribution in [0.2, 0.25) is 0 Å². The van der Waals surface area contributed by atoms with Crippen molar-refractivity contribution in [2.24, 2.45) is 0 Å². The summed E-state index contributed by atoms with van der Waals surface area (Å²) < 4.78 is 11.1. The van der Waals surface area contributed by atoms with Crippen LogP contribution in [0.1, 0.15) is 23.2 Å². The molecule has 0 radical (unpaired) electrons. The molecule has 1 aromatic carbocycles. The fourth-order valence-electron chi connectivity index (χ4n) is 3.29. The number of benzene rings is 1.